The summed E-state index contributed by atoms with van der Waals surface area (Å²) in [4.78, 5) is 24.7. The summed E-state index contributed by atoms with van der Waals surface area (Å²) in [6.45, 7) is 5.24. The molecule has 0 saturated carbocycles. The maximum atomic E-state index is 12.1. The van der Waals surface area contributed by atoms with Crippen LogP contribution in [0.3, 0.4) is 0 Å². The third kappa shape index (κ3) is 4.71. The van der Waals surface area contributed by atoms with Crippen LogP contribution in [0.4, 0.5) is 11.4 Å². The highest BCUT2D eigenvalue weighted by Crippen LogP contribution is 2.22. The molecule has 1 aromatic carbocycles. The Morgan fingerprint density at radius 3 is 2.62 bits per heavy atom. The van der Waals surface area contributed by atoms with Gasteiger partial charge in [-0.2, -0.15) is 0 Å². The van der Waals surface area contributed by atoms with Gasteiger partial charge in [0.2, 0.25) is 0 Å². The topological polar surface area (TPSA) is 87.5 Å². The van der Waals surface area contributed by atoms with Crippen molar-refractivity contribution in [1.82, 2.24) is 10.2 Å². The third-order valence-electron chi connectivity index (χ3n) is 3.36. The van der Waals surface area contributed by atoms with Crippen LogP contribution < -0.4 is 10.6 Å². The molecule has 0 aliphatic rings. The minimum atomic E-state index is -0.547. The molecule has 0 bridgehead atoms. The first-order valence-corrected chi connectivity index (χ1v) is 6.81. The smallest absolute Gasteiger partial charge is 0.282 e. The second kappa shape index (κ2) is 7.58. The molecule has 0 fully saturated rings. The van der Waals surface area contributed by atoms with Crippen LogP contribution in [0.15, 0.2) is 18.2 Å². The Morgan fingerprint density at radius 2 is 2.10 bits per heavy atom. The van der Waals surface area contributed by atoms with Gasteiger partial charge in [0, 0.05) is 37.9 Å². The lowest BCUT2D eigenvalue weighted by molar-refractivity contribution is -0.385. The van der Waals surface area contributed by atoms with Crippen LogP contribution in [0, 0.1) is 10.1 Å². The van der Waals surface area contributed by atoms with Gasteiger partial charge in [0.25, 0.3) is 11.6 Å². The summed E-state index contributed by atoms with van der Waals surface area (Å²) in [5.41, 5.74) is 0.535. The number of nitrogens with zero attached hydrogens (tertiary/aromatic N) is 2. The quantitative estimate of drug-likeness (QED) is 0.590. The molecule has 0 aliphatic carbocycles. The number of benzene rings is 1. The van der Waals surface area contributed by atoms with Gasteiger partial charge < -0.3 is 15.5 Å². The largest absolute Gasteiger partial charge is 0.388 e. The molecule has 0 radical (unpaired) electrons. The van der Waals surface area contributed by atoms with E-state index in [2.05, 4.69) is 29.4 Å². The van der Waals surface area contributed by atoms with Crippen molar-refractivity contribution >= 4 is 17.3 Å². The van der Waals surface area contributed by atoms with E-state index >= 15 is 0 Å². The zero-order valence-electron chi connectivity index (χ0n) is 12.8. The van der Waals surface area contributed by atoms with Gasteiger partial charge in [-0.3, -0.25) is 14.9 Å². The van der Waals surface area contributed by atoms with Crippen LogP contribution in [0.1, 0.15) is 24.2 Å². The van der Waals surface area contributed by atoms with Crippen LogP contribution in [-0.4, -0.2) is 49.0 Å². The fourth-order valence-electron chi connectivity index (χ4n) is 1.73. The molecule has 21 heavy (non-hydrogen) atoms. The number of carbonyl (C=O) groups excluding carboxylic acids is 1. The summed E-state index contributed by atoms with van der Waals surface area (Å²) in [7, 11) is 3.65. The van der Waals surface area contributed by atoms with E-state index in [4.69, 9.17) is 0 Å². The van der Waals surface area contributed by atoms with Crippen molar-refractivity contribution in [2.75, 3.05) is 32.5 Å². The van der Waals surface area contributed by atoms with Crippen LogP contribution in [0.2, 0.25) is 0 Å². The van der Waals surface area contributed by atoms with Gasteiger partial charge in [0.1, 0.15) is 5.56 Å². The molecule has 0 spiro atoms. The first-order valence-electron chi connectivity index (χ1n) is 6.81. The molecule has 2 N–H and O–H groups in total. The maximum absolute atomic E-state index is 12.1. The van der Waals surface area contributed by atoms with Gasteiger partial charge in [0.15, 0.2) is 0 Å². The third-order valence-corrected chi connectivity index (χ3v) is 3.36. The summed E-state index contributed by atoms with van der Waals surface area (Å²) in [6.07, 6.45) is 0. The van der Waals surface area contributed by atoms with Gasteiger partial charge in [-0.25, -0.2) is 0 Å². The van der Waals surface area contributed by atoms with Crippen molar-refractivity contribution in [3.05, 3.63) is 33.9 Å². The zero-order chi connectivity index (χ0) is 16.0. The van der Waals surface area contributed by atoms with Gasteiger partial charge in [-0.15, -0.1) is 0 Å². The van der Waals surface area contributed by atoms with E-state index in [1.165, 1.54) is 12.1 Å². The van der Waals surface area contributed by atoms with Crippen molar-refractivity contribution in [3.8, 4) is 0 Å². The number of likely N-dealkylation sites (N-methyl/N-ethyl adjacent to an activating group) is 1. The van der Waals surface area contributed by atoms with Crippen molar-refractivity contribution < 1.29 is 9.72 Å². The average molecular weight is 294 g/mol. The molecule has 0 atom stereocenters. The first-order chi connectivity index (χ1) is 9.86. The summed E-state index contributed by atoms with van der Waals surface area (Å²) >= 11 is 0. The molecular weight excluding hydrogens is 272 g/mol. The number of rotatable bonds is 7. The molecule has 0 heterocycles. The highest BCUT2D eigenvalue weighted by molar-refractivity contribution is 5.99. The Morgan fingerprint density at radius 1 is 1.43 bits per heavy atom. The number of anilines is 1. The minimum absolute atomic E-state index is 0.0686. The van der Waals surface area contributed by atoms with Crippen molar-refractivity contribution in [2.45, 2.75) is 19.9 Å². The van der Waals surface area contributed by atoms with Gasteiger partial charge in [-0.05, 0) is 33.0 Å². The highest BCUT2D eigenvalue weighted by atomic mass is 16.6. The SMILES string of the molecule is CNc1ccc([N+](=O)[O-])c(C(=O)NCCN(C)C(C)C)c1. The van der Waals surface area contributed by atoms with Crippen LogP contribution in [0.5, 0.6) is 0 Å². The monoisotopic (exact) mass is 294 g/mol. The molecule has 0 aromatic heterocycles. The number of nitrogens with one attached hydrogen (secondary N) is 2. The lowest BCUT2D eigenvalue weighted by atomic mass is 10.1. The summed E-state index contributed by atoms with van der Waals surface area (Å²) < 4.78 is 0. The Kier molecular flexibility index (Phi) is 6.10. The van der Waals surface area contributed by atoms with E-state index in [1.807, 2.05) is 7.05 Å². The molecule has 1 amide bonds. The van der Waals surface area contributed by atoms with E-state index < -0.39 is 10.8 Å². The summed E-state index contributed by atoms with van der Waals surface area (Å²) in [5, 5.41) is 16.6. The number of amides is 1. The maximum Gasteiger partial charge on any atom is 0.282 e. The first kappa shape index (κ1) is 16.9. The number of nitro benzene ring substituents is 1. The lowest BCUT2D eigenvalue weighted by Gasteiger charge is -2.20. The Labute approximate surface area is 124 Å². The Bertz CT molecular complexity index is 517. The van der Waals surface area contributed by atoms with Crippen LogP contribution in [-0.2, 0) is 0 Å². The molecule has 1 rings (SSSR count). The van der Waals surface area contributed by atoms with E-state index in [0.717, 1.165) is 0 Å². The van der Waals surface area contributed by atoms with Gasteiger partial charge in [-0.1, -0.05) is 0 Å². The van der Waals surface area contributed by atoms with Crippen molar-refractivity contribution in [1.29, 1.82) is 0 Å². The van der Waals surface area contributed by atoms with Crippen LogP contribution >= 0.6 is 0 Å². The predicted octanol–water partition coefficient (Wildman–Crippen LogP) is 1.71. The summed E-state index contributed by atoms with van der Waals surface area (Å²) in [5.74, 6) is -0.434. The molecule has 0 aliphatic heterocycles. The standard InChI is InChI=1S/C14H22N4O3/c1-10(2)17(4)8-7-16-14(19)12-9-11(15-3)5-6-13(12)18(20)21/h5-6,9-10,15H,7-8H2,1-4H3,(H,16,19). The fourth-order valence-corrected chi connectivity index (χ4v) is 1.73. The van der Waals surface area contributed by atoms with E-state index in [9.17, 15) is 14.9 Å². The lowest BCUT2D eigenvalue weighted by Crippen LogP contribution is -2.36. The number of hydrogen-bond acceptors (Lipinski definition) is 5. The molecule has 7 nitrogen and oxygen atoms in total. The van der Waals surface area contributed by atoms with E-state index in [1.54, 1.807) is 13.1 Å². The molecule has 1 aromatic rings. The second-order valence-corrected chi connectivity index (χ2v) is 5.07. The normalized spacial score (nSPS) is 10.8. The molecular formula is C14H22N4O3. The zero-order valence-corrected chi connectivity index (χ0v) is 12.8. The van der Waals surface area contributed by atoms with E-state index in [0.29, 0.717) is 24.8 Å². The minimum Gasteiger partial charge on any atom is -0.388 e. The average Bonchev–Trinajstić information content (AvgIpc) is 2.45. The fraction of sp³-hybridized carbons (Fsp3) is 0.500. The van der Waals surface area contributed by atoms with Crippen molar-refractivity contribution in [3.63, 3.8) is 0 Å². The summed E-state index contributed by atoms with van der Waals surface area (Å²) in [6, 6.07) is 4.77. The van der Waals surface area contributed by atoms with Gasteiger partial charge >= 0.3 is 0 Å². The van der Waals surface area contributed by atoms with E-state index in [-0.39, 0.29) is 11.3 Å². The Hall–Kier alpha value is -2.15. The Balaban J connectivity index is 2.79. The molecule has 116 valence electrons. The number of nitro groups is 1. The van der Waals surface area contributed by atoms with Crippen molar-refractivity contribution in [2.24, 2.45) is 0 Å². The molecule has 0 saturated heterocycles. The van der Waals surface area contributed by atoms with Gasteiger partial charge in [0.05, 0.1) is 4.92 Å². The molecule has 7 heteroatoms. The number of carbonyl (C=O) groups is 1. The number of hydrogen-bond donors (Lipinski definition) is 2. The second-order valence-electron chi connectivity index (χ2n) is 5.07. The van der Waals surface area contributed by atoms with Crippen LogP contribution in [0.25, 0.3) is 0 Å². The predicted molar refractivity (Wildman–Crippen MR) is 82.7 cm³/mol. The highest BCUT2D eigenvalue weighted by Gasteiger charge is 2.20. The molecule has 0 unspecified atom stereocenters.